The maximum atomic E-state index is 12.2. The Morgan fingerprint density at radius 3 is 2.80 bits per heavy atom. The molecule has 9 nitrogen and oxygen atoms in total. The Kier molecular flexibility index (Phi) is 7.33. The summed E-state index contributed by atoms with van der Waals surface area (Å²) in [4.78, 5) is 24.2. The fraction of sp³-hybridized carbons (Fsp3) is 0.250. The molecule has 1 aliphatic rings. The molecule has 0 atom stereocenters. The average molecular weight is 525 g/mol. The van der Waals surface area contributed by atoms with Crippen molar-refractivity contribution >= 4 is 40.6 Å². The van der Waals surface area contributed by atoms with Crippen LogP contribution in [0.5, 0.6) is 23.0 Å². The molecule has 158 valence electrons. The Labute approximate surface area is 186 Å². The molecule has 0 spiro atoms. The maximum absolute atomic E-state index is 12.2. The fourth-order valence-electron chi connectivity index (χ4n) is 2.64. The maximum Gasteiger partial charge on any atom is 0.259 e. The van der Waals surface area contributed by atoms with Gasteiger partial charge in [0.15, 0.2) is 23.0 Å². The number of fused-ring (bicyclic) bond motifs is 1. The van der Waals surface area contributed by atoms with E-state index < -0.39 is 11.8 Å². The summed E-state index contributed by atoms with van der Waals surface area (Å²) in [7, 11) is 1.58. The molecule has 0 bridgehead atoms. The van der Waals surface area contributed by atoms with Gasteiger partial charge in [-0.1, -0.05) is 0 Å². The number of carbonyl (C=O) groups is 2. The van der Waals surface area contributed by atoms with Crippen LogP contribution in [0.15, 0.2) is 35.4 Å². The van der Waals surface area contributed by atoms with Crippen LogP contribution in [-0.2, 0) is 4.79 Å². The number of hydrazone groups is 1. The standard InChI is InChI=1S/C20H20IN3O6/c1-3-28-17-7-12(6-14(21)19(17)27-2)9-23-24-18(25)10-22-20(26)13-4-5-15-16(8-13)30-11-29-15/h4-9H,3,10-11H2,1-2H3,(H,22,26)(H,24,25)/b23-9+. The summed E-state index contributed by atoms with van der Waals surface area (Å²) in [6.45, 7) is 2.27. The molecule has 0 saturated carbocycles. The van der Waals surface area contributed by atoms with E-state index in [0.717, 1.165) is 9.13 Å². The number of hydrogen-bond acceptors (Lipinski definition) is 7. The molecule has 0 radical (unpaired) electrons. The van der Waals surface area contributed by atoms with Crippen LogP contribution in [0.25, 0.3) is 0 Å². The topological polar surface area (TPSA) is 107 Å². The predicted octanol–water partition coefficient (Wildman–Crippen LogP) is 2.31. The summed E-state index contributed by atoms with van der Waals surface area (Å²) >= 11 is 2.14. The van der Waals surface area contributed by atoms with Gasteiger partial charge in [0.25, 0.3) is 11.8 Å². The molecule has 2 aromatic carbocycles. The molecule has 10 heteroatoms. The summed E-state index contributed by atoms with van der Waals surface area (Å²) in [5, 5.41) is 6.45. The Morgan fingerprint density at radius 2 is 2.03 bits per heavy atom. The first-order valence-electron chi connectivity index (χ1n) is 9.02. The summed E-state index contributed by atoms with van der Waals surface area (Å²) in [5.41, 5.74) is 3.47. The van der Waals surface area contributed by atoms with Crippen LogP contribution in [0.3, 0.4) is 0 Å². The molecule has 2 aromatic rings. The molecule has 2 amide bonds. The van der Waals surface area contributed by atoms with E-state index in [0.29, 0.717) is 35.2 Å². The van der Waals surface area contributed by atoms with Gasteiger partial charge in [0, 0.05) is 5.56 Å². The van der Waals surface area contributed by atoms with Crippen molar-refractivity contribution in [1.29, 1.82) is 0 Å². The Morgan fingerprint density at radius 1 is 1.23 bits per heavy atom. The third kappa shape index (κ3) is 5.32. The second-order valence-electron chi connectivity index (χ2n) is 6.01. The molecule has 3 rings (SSSR count). The van der Waals surface area contributed by atoms with E-state index in [1.54, 1.807) is 31.4 Å². The molecule has 0 aromatic heterocycles. The van der Waals surface area contributed by atoms with Gasteiger partial charge in [-0.15, -0.1) is 0 Å². The van der Waals surface area contributed by atoms with Gasteiger partial charge >= 0.3 is 0 Å². The van der Waals surface area contributed by atoms with Gasteiger partial charge in [0.2, 0.25) is 6.79 Å². The normalized spacial score (nSPS) is 12.0. The van der Waals surface area contributed by atoms with Gasteiger partial charge in [0.05, 0.1) is 30.0 Å². The number of benzene rings is 2. The second-order valence-corrected chi connectivity index (χ2v) is 7.17. The van der Waals surface area contributed by atoms with E-state index in [2.05, 4.69) is 38.4 Å². The third-order valence-corrected chi connectivity index (χ3v) is 4.78. The number of amides is 2. The number of ether oxygens (including phenoxy) is 4. The Hall–Kier alpha value is -3.02. The van der Waals surface area contributed by atoms with Crippen LogP contribution in [0, 0.1) is 3.57 Å². The first-order chi connectivity index (χ1) is 14.5. The van der Waals surface area contributed by atoms with Crippen molar-refractivity contribution in [1.82, 2.24) is 10.7 Å². The highest BCUT2D eigenvalue weighted by Crippen LogP contribution is 2.33. The predicted molar refractivity (Wildman–Crippen MR) is 118 cm³/mol. The lowest BCUT2D eigenvalue weighted by atomic mass is 10.2. The number of nitrogens with zero attached hydrogens (tertiary/aromatic N) is 1. The zero-order valence-corrected chi connectivity index (χ0v) is 18.5. The minimum Gasteiger partial charge on any atom is -0.492 e. The molecule has 1 heterocycles. The van der Waals surface area contributed by atoms with Crippen LogP contribution in [0.2, 0.25) is 0 Å². The van der Waals surface area contributed by atoms with Gasteiger partial charge < -0.3 is 24.3 Å². The summed E-state index contributed by atoms with van der Waals surface area (Å²) in [6.07, 6.45) is 1.49. The summed E-state index contributed by atoms with van der Waals surface area (Å²) in [5.74, 6) is 1.45. The molecule has 0 saturated heterocycles. The zero-order chi connectivity index (χ0) is 21.5. The molecule has 0 aliphatic carbocycles. The van der Waals surface area contributed by atoms with Crippen molar-refractivity contribution < 1.29 is 28.5 Å². The van der Waals surface area contributed by atoms with Crippen molar-refractivity contribution in [3.63, 3.8) is 0 Å². The molecule has 2 N–H and O–H groups in total. The second kappa shape index (κ2) is 10.1. The van der Waals surface area contributed by atoms with E-state index in [4.69, 9.17) is 18.9 Å². The monoisotopic (exact) mass is 525 g/mol. The number of carbonyl (C=O) groups excluding carboxylic acids is 2. The van der Waals surface area contributed by atoms with Crippen molar-refractivity contribution in [2.45, 2.75) is 6.92 Å². The van der Waals surface area contributed by atoms with Crippen LogP contribution < -0.4 is 29.7 Å². The largest absolute Gasteiger partial charge is 0.492 e. The lowest BCUT2D eigenvalue weighted by molar-refractivity contribution is -0.120. The Bertz CT molecular complexity index is 979. The first kappa shape index (κ1) is 21.7. The molecular formula is C20H20IN3O6. The number of rotatable bonds is 8. The highest BCUT2D eigenvalue weighted by molar-refractivity contribution is 14.1. The Balaban J connectivity index is 1.53. The third-order valence-electron chi connectivity index (χ3n) is 3.98. The van der Waals surface area contributed by atoms with Crippen molar-refractivity contribution in [2.24, 2.45) is 5.10 Å². The summed E-state index contributed by atoms with van der Waals surface area (Å²) in [6, 6.07) is 8.42. The van der Waals surface area contributed by atoms with Crippen molar-refractivity contribution in [3.8, 4) is 23.0 Å². The zero-order valence-electron chi connectivity index (χ0n) is 16.4. The first-order valence-corrected chi connectivity index (χ1v) is 10.1. The van der Waals surface area contributed by atoms with Crippen LogP contribution in [0.1, 0.15) is 22.8 Å². The number of nitrogens with one attached hydrogen (secondary N) is 2. The summed E-state index contributed by atoms with van der Waals surface area (Å²) < 4.78 is 22.2. The van der Waals surface area contributed by atoms with Crippen molar-refractivity contribution in [2.75, 3.05) is 27.1 Å². The van der Waals surface area contributed by atoms with E-state index in [1.807, 2.05) is 13.0 Å². The van der Waals surface area contributed by atoms with Gasteiger partial charge in [-0.2, -0.15) is 5.10 Å². The van der Waals surface area contributed by atoms with Crippen LogP contribution >= 0.6 is 22.6 Å². The van der Waals surface area contributed by atoms with Gasteiger partial charge in [0.1, 0.15) is 0 Å². The van der Waals surface area contributed by atoms with E-state index in [-0.39, 0.29) is 13.3 Å². The number of methoxy groups -OCH3 is 1. The molecular weight excluding hydrogens is 505 g/mol. The quantitative estimate of drug-likeness (QED) is 0.311. The minimum absolute atomic E-state index is 0.125. The van der Waals surface area contributed by atoms with E-state index in [1.165, 1.54) is 6.21 Å². The number of halogens is 1. The van der Waals surface area contributed by atoms with Crippen LogP contribution in [0.4, 0.5) is 0 Å². The van der Waals surface area contributed by atoms with Crippen molar-refractivity contribution in [3.05, 3.63) is 45.0 Å². The lowest BCUT2D eigenvalue weighted by Crippen LogP contribution is -2.34. The molecule has 0 fully saturated rings. The smallest absolute Gasteiger partial charge is 0.259 e. The highest BCUT2D eigenvalue weighted by atomic mass is 127. The average Bonchev–Trinajstić information content (AvgIpc) is 3.20. The molecule has 30 heavy (non-hydrogen) atoms. The fourth-order valence-corrected chi connectivity index (χ4v) is 3.49. The van der Waals surface area contributed by atoms with E-state index >= 15 is 0 Å². The number of hydrogen-bond donors (Lipinski definition) is 2. The highest BCUT2D eigenvalue weighted by Gasteiger charge is 2.16. The van der Waals surface area contributed by atoms with E-state index in [9.17, 15) is 9.59 Å². The van der Waals surface area contributed by atoms with Gasteiger partial charge in [-0.3, -0.25) is 9.59 Å². The van der Waals surface area contributed by atoms with Gasteiger partial charge in [-0.25, -0.2) is 5.43 Å². The molecule has 1 aliphatic heterocycles. The van der Waals surface area contributed by atoms with Crippen LogP contribution in [-0.4, -0.2) is 45.1 Å². The van der Waals surface area contributed by atoms with Gasteiger partial charge in [-0.05, 0) is 65.4 Å². The lowest BCUT2D eigenvalue weighted by Gasteiger charge is -2.11. The SMILES string of the molecule is CCOc1cc(/C=N/NC(=O)CNC(=O)c2ccc3c(c2)OCO3)cc(I)c1OC. The minimum atomic E-state index is -0.464. The molecule has 0 unspecified atom stereocenters.